The number of rotatable bonds is 5. The van der Waals surface area contributed by atoms with Crippen LogP contribution in [0.15, 0.2) is 24.3 Å². The molecule has 0 spiro atoms. The van der Waals surface area contributed by atoms with Crippen LogP contribution < -0.4 is 4.90 Å². The maximum atomic E-state index is 10.8. The van der Waals surface area contributed by atoms with Crippen molar-refractivity contribution in [2.24, 2.45) is 0 Å². The van der Waals surface area contributed by atoms with E-state index in [4.69, 9.17) is 5.11 Å². The minimum atomic E-state index is -0.870. The highest BCUT2D eigenvalue weighted by molar-refractivity contribution is 5.88. The molecule has 20 heavy (non-hydrogen) atoms. The van der Waals surface area contributed by atoms with Crippen molar-refractivity contribution in [3.05, 3.63) is 29.8 Å². The molecule has 1 aliphatic heterocycles. The standard InChI is InChI=1S/C15H23N3O2/c1-16(2)7-8-17-9-11-18(12-10-17)14-5-3-13(4-6-14)15(19)20/h3-6H,7-12H2,1-2H3,(H,19,20). The Hall–Kier alpha value is -1.59. The van der Waals surface area contributed by atoms with Crippen molar-refractivity contribution >= 4 is 11.7 Å². The van der Waals surface area contributed by atoms with Crippen molar-refractivity contribution in [3.8, 4) is 0 Å². The van der Waals surface area contributed by atoms with Gasteiger partial charge in [0.05, 0.1) is 5.56 Å². The summed E-state index contributed by atoms with van der Waals surface area (Å²) in [6, 6.07) is 7.16. The zero-order chi connectivity index (χ0) is 14.5. The van der Waals surface area contributed by atoms with Gasteiger partial charge in [-0.25, -0.2) is 4.79 Å². The Morgan fingerprint density at radius 2 is 1.75 bits per heavy atom. The Morgan fingerprint density at radius 1 is 1.15 bits per heavy atom. The maximum Gasteiger partial charge on any atom is 0.335 e. The van der Waals surface area contributed by atoms with E-state index in [9.17, 15) is 4.79 Å². The van der Waals surface area contributed by atoms with Gasteiger partial charge in [-0.1, -0.05) is 0 Å². The fraction of sp³-hybridized carbons (Fsp3) is 0.533. The molecule has 0 bridgehead atoms. The molecular weight excluding hydrogens is 254 g/mol. The average molecular weight is 277 g/mol. The lowest BCUT2D eigenvalue weighted by atomic mass is 10.2. The number of benzene rings is 1. The van der Waals surface area contributed by atoms with Crippen LogP contribution in [0.4, 0.5) is 5.69 Å². The molecular formula is C15H23N3O2. The third-order valence-corrected chi connectivity index (χ3v) is 3.72. The molecule has 1 fully saturated rings. The molecule has 2 rings (SSSR count). The Labute approximate surface area is 120 Å². The first-order valence-corrected chi connectivity index (χ1v) is 7.01. The van der Waals surface area contributed by atoms with Gasteiger partial charge in [0, 0.05) is 45.0 Å². The molecule has 110 valence electrons. The summed E-state index contributed by atoms with van der Waals surface area (Å²) in [5, 5.41) is 8.90. The number of carbonyl (C=O) groups is 1. The quantitative estimate of drug-likeness (QED) is 0.872. The van der Waals surface area contributed by atoms with Gasteiger partial charge in [-0.3, -0.25) is 4.90 Å². The van der Waals surface area contributed by atoms with Crippen LogP contribution in [0.5, 0.6) is 0 Å². The minimum Gasteiger partial charge on any atom is -0.478 e. The molecule has 0 aliphatic carbocycles. The van der Waals surface area contributed by atoms with Gasteiger partial charge in [0.25, 0.3) is 0 Å². The van der Waals surface area contributed by atoms with Gasteiger partial charge >= 0.3 is 5.97 Å². The average Bonchev–Trinajstić information content (AvgIpc) is 2.46. The van der Waals surface area contributed by atoms with E-state index in [2.05, 4.69) is 28.8 Å². The molecule has 1 aromatic carbocycles. The predicted molar refractivity (Wildman–Crippen MR) is 80.6 cm³/mol. The first kappa shape index (κ1) is 14.8. The number of piperazine rings is 1. The molecule has 1 aromatic rings. The number of aromatic carboxylic acids is 1. The molecule has 5 heteroatoms. The lowest BCUT2D eigenvalue weighted by Gasteiger charge is -2.36. The highest BCUT2D eigenvalue weighted by atomic mass is 16.4. The molecule has 5 nitrogen and oxygen atoms in total. The Kier molecular flexibility index (Phi) is 4.98. The number of hydrogen-bond acceptors (Lipinski definition) is 4. The van der Waals surface area contributed by atoms with E-state index in [0.717, 1.165) is 45.0 Å². The second-order valence-electron chi connectivity index (χ2n) is 5.48. The molecule has 0 radical (unpaired) electrons. The summed E-state index contributed by atoms with van der Waals surface area (Å²) >= 11 is 0. The molecule has 1 aliphatic rings. The van der Waals surface area contributed by atoms with Crippen molar-refractivity contribution in [1.29, 1.82) is 0 Å². The molecule has 0 saturated carbocycles. The summed E-state index contributed by atoms with van der Waals surface area (Å²) in [6.07, 6.45) is 0. The molecule has 0 amide bonds. The van der Waals surface area contributed by atoms with Gasteiger partial charge in [-0.15, -0.1) is 0 Å². The van der Waals surface area contributed by atoms with Crippen LogP contribution >= 0.6 is 0 Å². The second-order valence-corrected chi connectivity index (χ2v) is 5.48. The highest BCUT2D eigenvalue weighted by Gasteiger charge is 2.17. The number of carboxylic acids is 1. The zero-order valence-corrected chi connectivity index (χ0v) is 12.2. The minimum absolute atomic E-state index is 0.346. The van der Waals surface area contributed by atoms with Crippen LogP contribution in [0.25, 0.3) is 0 Å². The topological polar surface area (TPSA) is 47.0 Å². The molecule has 0 aromatic heterocycles. The van der Waals surface area contributed by atoms with Crippen LogP contribution in [-0.4, -0.2) is 74.2 Å². The van der Waals surface area contributed by atoms with Gasteiger partial charge in [-0.2, -0.15) is 0 Å². The summed E-state index contributed by atoms with van der Waals surface area (Å²) in [4.78, 5) is 17.8. The van der Waals surface area contributed by atoms with Crippen molar-refractivity contribution < 1.29 is 9.90 Å². The molecule has 0 unspecified atom stereocenters. The van der Waals surface area contributed by atoms with Crippen LogP contribution in [0.3, 0.4) is 0 Å². The fourth-order valence-corrected chi connectivity index (χ4v) is 2.39. The Bertz CT molecular complexity index is 437. The maximum absolute atomic E-state index is 10.8. The normalized spacial score (nSPS) is 16.6. The summed E-state index contributed by atoms with van der Waals surface area (Å²) in [5.41, 5.74) is 1.46. The zero-order valence-electron chi connectivity index (χ0n) is 12.2. The van der Waals surface area contributed by atoms with Gasteiger partial charge in [0.15, 0.2) is 0 Å². The lowest BCUT2D eigenvalue weighted by molar-refractivity contribution is 0.0697. The first-order chi connectivity index (χ1) is 9.56. The van der Waals surface area contributed by atoms with E-state index in [-0.39, 0.29) is 0 Å². The van der Waals surface area contributed by atoms with Crippen molar-refractivity contribution in [1.82, 2.24) is 9.80 Å². The first-order valence-electron chi connectivity index (χ1n) is 7.01. The van der Waals surface area contributed by atoms with Crippen molar-refractivity contribution in [2.45, 2.75) is 0 Å². The summed E-state index contributed by atoms with van der Waals surface area (Å²) in [6.45, 7) is 6.33. The molecule has 1 saturated heterocycles. The third kappa shape index (κ3) is 3.95. The number of carboxylic acid groups (broad SMARTS) is 1. The molecule has 1 heterocycles. The summed E-state index contributed by atoms with van der Waals surface area (Å²) in [7, 11) is 4.19. The molecule has 0 atom stereocenters. The second kappa shape index (κ2) is 6.72. The summed E-state index contributed by atoms with van der Waals surface area (Å²) in [5.74, 6) is -0.870. The largest absolute Gasteiger partial charge is 0.478 e. The van der Waals surface area contributed by atoms with Crippen molar-refractivity contribution in [2.75, 3.05) is 58.3 Å². The Balaban J connectivity index is 1.85. The third-order valence-electron chi connectivity index (χ3n) is 3.72. The van der Waals surface area contributed by atoms with Crippen LogP contribution in [0, 0.1) is 0 Å². The smallest absolute Gasteiger partial charge is 0.335 e. The summed E-state index contributed by atoms with van der Waals surface area (Å²) < 4.78 is 0. The predicted octanol–water partition coefficient (Wildman–Crippen LogP) is 1.07. The fourth-order valence-electron chi connectivity index (χ4n) is 2.39. The van der Waals surface area contributed by atoms with E-state index in [1.165, 1.54) is 0 Å². The van der Waals surface area contributed by atoms with Gasteiger partial charge in [-0.05, 0) is 38.4 Å². The molecule has 1 N–H and O–H groups in total. The van der Waals surface area contributed by atoms with Gasteiger partial charge in [0.2, 0.25) is 0 Å². The van der Waals surface area contributed by atoms with E-state index in [0.29, 0.717) is 5.56 Å². The van der Waals surface area contributed by atoms with Gasteiger partial charge in [0.1, 0.15) is 0 Å². The van der Waals surface area contributed by atoms with Gasteiger partial charge < -0.3 is 14.9 Å². The Morgan fingerprint density at radius 3 is 2.25 bits per heavy atom. The van der Waals surface area contributed by atoms with E-state index < -0.39 is 5.97 Å². The van der Waals surface area contributed by atoms with E-state index in [1.54, 1.807) is 12.1 Å². The number of nitrogens with zero attached hydrogens (tertiary/aromatic N) is 3. The SMILES string of the molecule is CN(C)CCN1CCN(c2ccc(C(=O)O)cc2)CC1. The monoisotopic (exact) mass is 277 g/mol. The van der Waals surface area contributed by atoms with Crippen LogP contribution in [0.1, 0.15) is 10.4 Å². The van der Waals surface area contributed by atoms with Crippen molar-refractivity contribution in [3.63, 3.8) is 0 Å². The van der Waals surface area contributed by atoms with Crippen LogP contribution in [-0.2, 0) is 0 Å². The lowest BCUT2D eigenvalue weighted by Crippen LogP contribution is -2.48. The van der Waals surface area contributed by atoms with E-state index >= 15 is 0 Å². The van der Waals surface area contributed by atoms with Crippen LogP contribution in [0.2, 0.25) is 0 Å². The highest BCUT2D eigenvalue weighted by Crippen LogP contribution is 2.17. The number of anilines is 1. The van der Waals surface area contributed by atoms with E-state index in [1.807, 2.05) is 12.1 Å². The number of hydrogen-bond donors (Lipinski definition) is 1. The number of likely N-dealkylation sites (N-methyl/N-ethyl adjacent to an activating group) is 1.